The highest BCUT2D eigenvalue weighted by molar-refractivity contribution is 4.22. The second kappa shape index (κ2) is 34.4. The Kier molecular flexibility index (Phi) is 56.1. The maximum absolute atomic E-state index is 2.17. The molecule has 0 saturated heterocycles. The third-order valence-electron chi connectivity index (χ3n) is 0. The Morgan fingerprint density at radius 1 is 0.167 bits per heavy atom. The molecular formula is C24H60. The van der Waals surface area contributed by atoms with Gasteiger partial charge in [0, 0.05) is 0 Å². The molecule has 0 heteroatoms. The molecule has 0 saturated carbocycles. The number of hydrogen-bond donors (Lipinski definition) is 0. The Hall–Kier alpha value is 0. The van der Waals surface area contributed by atoms with Crippen LogP contribution in [0, 0.1) is 35.5 Å². The molecule has 0 aliphatic rings. The van der Waals surface area contributed by atoms with Crippen molar-refractivity contribution in [2.24, 2.45) is 35.5 Å². The van der Waals surface area contributed by atoms with Gasteiger partial charge in [-0.05, 0) is 35.5 Å². The summed E-state index contributed by atoms with van der Waals surface area (Å²) in [5, 5.41) is 0. The van der Waals surface area contributed by atoms with E-state index >= 15 is 0 Å². The van der Waals surface area contributed by atoms with Crippen molar-refractivity contribution in [1.29, 1.82) is 0 Å². The molecule has 0 aliphatic heterocycles. The Bertz CT molecular complexity index is 75.1. The molecule has 0 aromatic rings. The van der Waals surface area contributed by atoms with Gasteiger partial charge in [-0.1, -0.05) is 125 Å². The van der Waals surface area contributed by atoms with Crippen molar-refractivity contribution in [2.45, 2.75) is 125 Å². The highest BCUT2D eigenvalue weighted by Gasteiger charge is 1.70. The molecule has 0 aliphatic carbocycles. The van der Waals surface area contributed by atoms with Gasteiger partial charge in [0.1, 0.15) is 0 Å². The van der Waals surface area contributed by atoms with E-state index in [9.17, 15) is 0 Å². The minimum absolute atomic E-state index is 0.833. The Labute approximate surface area is 160 Å². The van der Waals surface area contributed by atoms with Crippen molar-refractivity contribution < 1.29 is 0 Å². The molecule has 0 heterocycles. The van der Waals surface area contributed by atoms with Gasteiger partial charge in [-0.25, -0.2) is 0 Å². The van der Waals surface area contributed by atoms with Crippen molar-refractivity contribution >= 4 is 0 Å². The second-order valence-corrected chi connectivity index (χ2v) is 10.4. The van der Waals surface area contributed by atoms with Crippen molar-refractivity contribution in [3.05, 3.63) is 0 Å². The normalized spacial score (nSPS) is 9.00. The first-order chi connectivity index (χ1) is 10.4. The second-order valence-electron chi connectivity index (χ2n) is 10.4. The van der Waals surface area contributed by atoms with Crippen molar-refractivity contribution in [3.8, 4) is 0 Å². The summed E-state index contributed by atoms with van der Waals surface area (Å²) in [6.07, 6.45) is 0. The summed E-state index contributed by atoms with van der Waals surface area (Å²) in [5.41, 5.74) is 0. The van der Waals surface area contributed by atoms with Gasteiger partial charge in [0.2, 0.25) is 0 Å². The monoisotopic (exact) mass is 348 g/mol. The van der Waals surface area contributed by atoms with Crippen molar-refractivity contribution in [3.63, 3.8) is 0 Å². The van der Waals surface area contributed by atoms with Crippen LogP contribution in [-0.2, 0) is 0 Å². The third-order valence-corrected chi connectivity index (χ3v) is 0. The minimum Gasteiger partial charge on any atom is -0.0630 e. The van der Waals surface area contributed by atoms with E-state index < -0.39 is 0 Å². The zero-order valence-corrected chi connectivity index (χ0v) is 21.5. The van der Waals surface area contributed by atoms with Crippen LogP contribution in [0.1, 0.15) is 125 Å². The molecule has 0 aromatic heterocycles. The van der Waals surface area contributed by atoms with Gasteiger partial charge >= 0.3 is 0 Å². The van der Waals surface area contributed by atoms with E-state index in [0.29, 0.717) is 0 Å². The van der Waals surface area contributed by atoms with Crippen LogP contribution in [0.3, 0.4) is 0 Å². The van der Waals surface area contributed by atoms with Gasteiger partial charge in [-0.15, -0.1) is 0 Å². The first kappa shape index (κ1) is 39.2. The summed E-state index contributed by atoms with van der Waals surface area (Å²) in [6.45, 7) is 39.0. The summed E-state index contributed by atoms with van der Waals surface area (Å²) in [6, 6.07) is 0. The summed E-state index contributed by atoms with van der Waals surface area (Å²) in [4.78, 5) is 0. The molecule has 0 atom stereocenters. The van der Waals surface area contributed by atoms with Crippen molar-refractivity contribution in [1.82, 2.24) is 0 Å². The predicted octanol–water partition coefficient (Wildman–Crippen LogP) is 9.97. The topological polar surface area (TPSA) is 0 Å². The molecule has 0 unspecified atom stereocenters. The number of hydrogen-bond acceptors (Lipinski definition) is 0. The molecular weight excluding hydrogens is 288 g/mol. The Balaban J connectivity index is -0.0000000405. The molecule has 24 heavy (non-hydrogen) atoms. The largest absolute Gasteiger partial charge is 0.0630 e. The summed E-state index contributed by atoms with van der Waals surface area (Å²) in [7, 11) is 0. The maximum Gasteiger partial charge on any atom is -0.0500 e. The van der Waals surface area contributed by atoms with Crippen LogP contribution in [-0.4, -0.2) is 0 Å². The lowest BCUT2D eigenvalue weighted by Gasteiger charge is -1.79. The summed E-state index contributed by atoms with van der Waals surface area (Å²) < 4.78 is 0. The third kappa shape index (κ3) is 0. The van der Waals surface area contributed by atoms with Crippen molar-refractivity contribution in [2.75, 3.05) is 0 Å². The first-order valence-electron chi connectivity index (χ1n) is 10.4. The smallest absolute Gasteiger partial charge is 0.0500 e. The van der Waals surface area contributed by atoms with Gasteiger partial charge in [0.15, 0.2) is 0 Å². The molecule has 0 N–H and O–H groups in total. The molecule has 0 rings (SSSR count). The molecule has 0 amide bonds. The van der Waals surface area contributed by atoms with Gasteiger partial charge in [-0.3, -0.25) is 0 Å². The zero-order chi connectivity index (χ0) is 21.5. The van der Waals surface area contributed by atoms with Crippen LogP contribution in [0.4, 0.5) is 0 Å². The van der Waals surface area contributed by atoms with Crippen LogP contribution in [0.2, 0.25) is 0 Å². The molecule has 0 bridgehead atoms. The molecule has 0 spiro atoms. The first-order valence-corrected chi connectivity index (χ1v) is 10.4. The molecule has 156 valence electrons. The summed E-state index contributed by atoms with van der Waals surface area (Å²) >= 11 is 0. The molecule has 0 radical (unpaired) electrons. The van der Waals surface area contributed by atoms with E-state index in [4.69, 9.17) is 0 Å². The van der Waals surface area contributed by atoms with Gasteiger partial charge in [0.25, 0.3) is 0 Å². The fourth-order valence-corrected chi connectivity index (χ4v) is 0. The zero-order valence-electron chi connectivity index (χ0n) is 21.5. The Morgan fingerprint density at radius 2 is 0.167 bits per heavy atom. The fourth-order valence-electron chi connectivity index (χ4n) is 0. The quantitative estimate of drug-likeness (QED) is 0.408. The SMILES string of the molecule is CC(C)C.CC(C)C.CC(C)C.CC(C)C.CC(C)C.CC(C)C. The standard InChI is InChI=1S/6C4H10/c6*1-4(2)3/h6*4H,1-3H3. The average molecular weight is 349 g/mol. The fraction of sp³-hybridized carbons (Fsp3) is 1.00. The average Bonchev–Trinajstić information content (AvgIpc) is 2.08. The van der Waals surface area contributed by atoms with E-state index in [1.165, 1.54) is 0 Å². The van der Waals surface area contributed by atoms with E-state index in [1.54, 1.807) is 0 Å². The van der Waals surface area contributed by atoms with E-state index in [1.807, 2.05) is 0 Å². The lowest BCUT2D eigenvalue weighted by molar-refractivity contribution is 0.736. The minimum atomic E-state index is 0.833. The van der Waals surface area contributed by atoms with Gasteiger partial charge < -0.3 is 0 Å². The van der Waals surface area contributed by atoms with Crippen LogP contribution < -0.4 is 0 Å². The summed E-state index contributed by atoms with van der Waals surface area (Å²) in [5.74, 6) is 5.00. The van der Waals surface area contributed by atoms with Crippen LogP contribution in [0.25, 0.3) is 0 Å². The molecule has 0 nitrogen and oxygen atoms in total. The number of rotatable bonds is 0. The molecule has 0 aromatic carbocycles. The van der Waals surface area contributed by atoms with E-state index in [2.05, 4.69) is 125 Å². The lowest BCUT2D eigenvalue weighted by Crippen LogP contribution is -1.66. The Morgan fingerprint density at radius 3 is 0.167 bits per heavy atom. The van der Waals surface area contributed by atoms with Crippen LogP contribution in [0.5, 0.6) is 0 Å². The molecule has 0 fully saturated rings. The maximum atomic E-state index is 2.17. The van der Waals surface area contributed by atoms with Crippen LogP contribution >= 0.6 is 0 Å². The van der Waals surface area contributed by atoms with Crippen LogP contribution in [0.15, 0.2) is 0 Å². The lowest BCUT2D eigenvalue weighted by atomic mass is 10.3. The van der Waals surface area contributed by atoms with E-state index in [-0.39, 0.29) is 0 Å². The van der Waals surface area contributed by atoms with Gasteiger partial charge in [-0.2, -0.15) is 0 Å². The van der Waals surface area contributed by atoms with Gasteiger partial charge in [0.05, 0.1) is 0 Å². The van der Waals surface area contributed by atoms with E-state index in [0.717, 1.165) is 35.5 Å². The highest BCUT2D eigenvalue weighted by atomic mass is 13.8. The highest BCUT2D eigenvalue weighted by Crippen LogP contribution is 1.83. The predicted molar refractivity (Wildman–Crippen MR) is 123 cm³/mol.